The van der Waals surface area contributed by atoms with Gasteiger partial charge in [-0.15, -0.1) is 0 Å². The zero-order valence-corrected chi connectivity index (χ0v) is 22.6. The number of carbonyl (C=O) groups excluding carboxylic acids is 2. The van der Waals surface area contributed by atoms with Crippen molar-refractivity contribution in [3.63, 3.8) is 0 Å². The Labute approximate surface area is 219 Å². The van der Waals surface area contributed by atoms with Crippen LogP contribution in [-0.4, -0.2) is 35.4 Å². The van der Waals surface area contributed by atoms with E-state index in [-0.39, 0.29) is 31.0 Å². The molecule has 0 aliphatic heterocycles. The summed E-state index contributed by atoms with van der Waals surface area (Å²) in [5.74, 6) is 0.245. The highest BCUT2D eigenvalue weighted by Gasteiger charge is 2.31. The second kappa shape index (κ2) is 12.6. The van der Waals surface area contributed by atoms with Gasteiger partial charge >= 0.3 is 0 Å². The van der Waals surface area contributed by atoms with E-state index in [1.165, 1.54) is 6.42 Å². The Kier molecular flexibility index (Phi) is 9.88. The van der Waals surface area contributed by atoms with Gasteiger partial charge in [-0.25, -0.2) is 0 Å². The Balaban J connectivity index is 1.84. The number of halogens is 2. The molecule has 1 aliphatic rings. The second-order valence-corrected chi connectivity index (χ2v) is 10.3. The van der Waals surface area contributed by atoms with Gasteiger partial charge in [0.25, 0.3) is 5.91 Å². The first-order valence-electron chi connectivity index (χ1n) is 12.4. The van der Waals surface area contributed by atoms with Crippen molar-refractivity contribution >= 4 is 35.0 Å². The van der Waals surface area contributed by atoms with Crippen LogP contribution in [0, 0.1) is 20.8 Å². The van der Waals surface area contributed by atoms with Gasteiger partial charge in [-0.2, -0.15) is 0 Å². The van der Waals surface area contributed by atoms with E-state index in [0.29, 0.717) is 27.8 Å². The van der Waals surface area contributed by atoms with E-state index in [1.807, 2.05) is 33.8 Å². The third-order valence-corrected chi connectivity index (χ3v) is 7.55. The zero-order chi connectivity index (χ0) is 25.5. The summed E-state index contributed by atoms with van der Waals surface area (Å²) >= 11 is 12.9. The molecule has 5 nitrogen and oxygen atoms in total. The smallest absolute Gasteiger partial charge is 0.261 e. The number of amides is 2. The van der Waals surface area contributed by atoms with Gasteiger partial charge in [0.2, 0.25) is 5.91 Å². The third-order valence-electron chi connectivity index (χ3n) is 6.84. The van der Waals surface area contributed by atoms with Crippen molar-refractivity contribution in [2.75, 3.05) is 6.61 Å². The summed E-state index contributed by atoms with van der Waals surface area (Å²) in [6, 6.07) is 8.75. The van der Waals surface area contributed by atoms with Gasteiger partial charge < -0.3 is 15.0 Å². The van der Waals surface area contributed by atoms with Crippen LogP contribution < -0.4 is 10.1 Å². The minimum atomic E-state index is -0.652. The van der Waals surface area contributed by atoms with Crippen LogP contribution in [0.5, 0.6) is 5.75 Å². The van der Waals surface area contributed by atoms with E-state index in [9.17, 15) is 9.59 Å². The lowest BCUT2D eigenvalue weighted by Crippen LogP contribution is -2.52. The normalized spacial score (nSPS) is 14.9. The first-order chi connectivity index (χ1) is 16.7. The van der Waals surface area contributed by atoms with Crippen molar-refractivity contribution in [2.45, 2.75) is 84.8 Å². The number of hydrogen-bond acceptors (Lipinski definition) is 3. The van der Waals surface area contributed by atoms with Crippen molar-refractivity contribution in [3.05, 3.63) is 62.6 Å². The number of hydrogen-bond donors (Lipinski definition) is 1. The van der Waals surface area contributed by atoms with Gasteiger partial charge in [-0.05, 0) is 74.9 Å². The molecule has 2 amide bonds. The maximum atomic E-state index is 13.6. The number of benzene rings is 2. The number of rotatable bonds is 9. The molecule has 1 aliphatic carbocycles. The van der Waals surface area contributed by atoms with Gasteiger partial charge in [-0.1, -0.05) is 61.5 Å². The minimum Gasteiger partial charge on any atom is -0.483 e. The highest BCUT2D eigenvalue weighted by atomic mass is 35.5. The molecule has 0 aromatic heterocycles. The number of aryl methyl sites for hydroxylation is 2. The first kappa shape index (κ1) is 27.3. The number of nitrogens with zero attached hydrogens (tertiary/aromatic N) is 1. The van der Waals surface area contributed by atoms with E-state index in [2.05, 4.69) is 11.4 Å². The van der Waals surface area contributed by atoms with Crippen molar-refractivity contribution in [1.82, 2.24) is 10.2 Å². The van der Waals surface area contributed by atoms with Crippen LogP contribution in [0.15, 0.2) is 30.3 Å². The van der Waals surface area contributed by atoms with E-state index < -0.39 is 6.04 Å². The highest BCUT2D eigenvalue weighted by Crippen LogP contribution is 2.28. The molecule has 0 unspecified atom stereocenters. The molecule has 2 aromatic rings. The molecule has 0 radical (unpaired) electrons. The molecule has 1 N–H and O–H groups in total. The maximum absolute atomic E-state index is 13.6. The molecular weight excluding hydrogens is 483 g/mol. The van der Waals surface area contributed by atoms with Crippen LogP contribution >= 0.6 is 23.2 Å². The molecule has 0 saturated heterocycles. The van der Waals surface area contributed by atoms with Gasteiger partial charge in [-0.3, -0.25) is 9.59 Å². The second-order valence-electron chi connectivity index (χ2n) is 9.48. The number of carbonyl (C=O) groups is 2. The van der Waals surface area contributed by atoms with Crippen LogP contribution in [-0.2, 0) is 16.1 Å². The van der Waals surface area contributed by atoms with Crippen LogP contribution in [0.3, 0.4) is 0 Å². The third kappa shape index (κ3) is 7.14. The van der Waals surface area contributed by atoms with Crippen molar-refractivity contribution in [3.8, 4) is 5.75 Å². The van der Waals surface area contributed by atoms with Crippen LogP contribution in [0.25, 0.3) is 0 Å². The average Bonchev–Trinajstić information content (AvgIpc) is 2.82. The topological polar surface area (TPSA) is 58.6 Å². The molecule has 1 fully saturated rings. The predicted octanol–water partition coefficient (Wildman–Crippen LogP) is 6.55. The summed E-state index contributed by atoms with van der Waals surface area (Å²) in [6.45, 7) is 7.85. The summed E-state index contributed by atoms with van der Waals surface area (Å²) < 4.78 is 5.97. The Hall–Kier alpha value is -2.24. The monoisotopic (exact) mass is 518 g/mol. The fourth-order valence-corrected chi connectivity index (χ4v) is 5.21. The molecule has 0 spiro atoms. The summed E-state index contributed by atoms with van der Waals surface area (Å²) in [5.41, 5.74) is 3.78. The largest absolute Gasteiger partial charge is 0.483 e. The Bertz CT molecular complexity index is 1030. The molecule has 1 saturated carbocycles. The lowest BCUT2D eigenvalue weighted by atomic mass is 9.95. The fourth-order valence-electron chi connectivity index (χ4n) is 4.69. The SMILES string of the molecule is CC[C@H](C(=O)NC1CCCCC1)N(Cc1c(Cl)cccc1Cl)C(=O)COc1cc(C)cc(C)c1C. The fraction of sp³-hybridized carbons (Fsp3) is 0.500. The molecule has 1 atom stereocenters. The van der Waals surface area contributed by atoms with Gasteiger partial charge in [0.1, 0.15) is 11.8 Å². The molecule has 2 aromatic carbocycles. The Morgan fingerprint density at radius 3 is 2.37 bits per heavy atom. The molecule has 3 rings (SSSR count). The van der Waals surface area contributed by atoms with E-state index in [4.69, 9.17) is 27.9 Å². The molecule has 0 bridgehead atoms. The van der Waals surface area contributed by atoms with Crippen LogP contribution in [0.4, 0.5) is 0 Å². The summed E-state index contributed by atoms with van der Waals surface area (Å²) in [6.07, 6.45) is 5.85. The van der Waals surface area contributed by atoms with E-state index in [1.54, 1.807) is 23.1 Å². The number of ether oxygens (including phenoxy) is 1. The van der Waals surface area contributed by atoms with Crippen LogP contribution in [0.1, 0.15) is 67.7 Å². The predicted molar refractivity (Wildman–Crippen MR) is 142 cm³/mol. The zero-order valence-electron chi connectivity index (χ0n) is 21.1. The van der Waals surface area contributed by atoms with E-state index >= 15 is 0 Å². The minimum absolute atomic E-state index is 0.128. The molecule has 190 valence electrons. The molecular formula is C28H36Cl2N2O3. The summed E-state index contributed by atoms with van der Waals surface area (Å²) in [4.78, 5) is 28.5. The average molecular weight is 520 g/mol. The van der Waals surface area contributed by atoms with Gasteiger partial charge in [0.15, 0.2) is 6.61 Å². The van der Waals surface area contributed by atoms with Crippen LogP contribution in [0.2, 0.25) is 10.0 Å². The van der Waals surface area contributed by atoms with Crippen molar-refractivity contribution in [2.24, 2.45) is 0 Å². The Morgan fingerprint density at radius 1 is 1.09 bits per heavy atom. The lowest BCUT2D eigenvalue weighted by molar-refractivity contribution is -0.143. The maximum Gasteiger partial charge on any atom is 0.261 e. The molecule has 0 heterocycles. The first-order valence-corrected chi connectivity index (χ1v) is 13.2. The summed E-state index contributed by atoms with van der Waals surface area (Å²) in [7, 11) is 0. The summed E-state index contributed by atoms with van der Waals surface area (Å²) in [5, 5.41) is 4.10. The van der Waals surface area contributed by atoms with Gasteiger partial charge in [0.05, 0.1) is 0 Å². The highest BCUT2D eigenvalue weighted by molar-refractivity contribution is 6.36. The molecule has 7 heteroatoms. The van der Waals surface area contributed by atoms with Gasteiger partial charge in [0, 0.05) is 28.2 Å². The standard InChI is InChI=1S/C28H36Cl2N2O3/c1-5-25(28(34)31-21-10-7-6-8-11-21)32(16-22-23(29)12-9-13-24(22)30)27(33)17-35-26-15-18(2)14-19(3)20(26)4/h9,12-15,21,25H,5-8,10-11,16-17H2,1-4H3,(H,31,34)/t25-/m1/s1. The molecule has 35 heavy (non-hydrogen) atoms. The quantitative estimate of drug-likeness (QED) is 0.409. The Morgan fingerprint density at radius 2 is 1.74 bits per heavy atom. The van der Waals surface area contributed by atoms with Crippen molar-refractivity contribution < 1.29 is 14.3 Å². The van der Waals surface area contributed by atoms with E-state index in [0.717, 1.165) is 42.4 Å². The van der Waals surface area contributed by atoms with Crippen molar-refractivity contribution in [1.29, 1.82) is 0 Å². The number of nitrogens with one attached hydrogen (secondary N) is 1. The lowest BCUT2D eigenvalue weighted by Gasteiger charge is -2.33.